The van der Waals surface area contributed by atoms with Gasteiger partial charge in [0.25, 0.3) is 5.91 Å². The van der Waals surface area contributed by atoms with Gasteiger partial charge in [0, 0.05) is 27.6 Å². The zero-order chi connectivity index (χ0) is 19.5. The first-order valence-corrected chi connectivity index (χ1v) is 10.5. The van der Waals surface area contributed by atoms with Crippen LogP contribution in [0.15, 0.2) is 57.8 Å². The van der Waals surface area contributed by atoms with Gasteiger partial charge in [-0.15, -0.1) is 11.8 Å². The molecular weight excluding hydrogens is 375 g/mol. The van der Waals surface area contributed by atoms with E-state index < -0.39 is 0 Å². The molecule has 3 aromatic rings. The third-order valence-electron chi connectivity index (χ3n) is 5.21. The predicted octanol–water partition coefficient (Wildman–Crippen LogP) is 4.59. The fraction of sp³-hybridized carbons (Fsp3) is 0.318. The number of hydrogen-bond acceptors (Lipinski definition) is 4. The highest BCUT2D eigenvalue weighted by molar-refractivity contribution is 7.98. The molecule has 2 unspecified atom stereocenters. The molecule has 2 heterocycles. The van der Waals surface area contributed by atoms with Gasteiger partial charge in [0.2, 0.25) is 0 Å². The van der Waals surface area contributed by atoms with Crippen LogP contribution < -0.4 is 10.6 Å². The molecular formula is C22H23FN2O2S. The number of fused-ring (bicyclic) bond motifs is 1. The van der Waals surface area contributed by atoms with Gasteiger partial charge in [-0.2, -0.15) is 0 Å². The average molecular weight is 399 g/mol. The van der Waals surface area contributed by atoms with Gasteiger partial charge in [0.05, 0.1) is 0 Å². The SMILES string of the molecule is CC1CNCCC1NC(=O)c1oc2ccccc2c1CSc1ccccc1F. The minimum Gasteiger partial charge on any atom is -0.451 e. The summed E-state index contributed by atoms with van der Waals surface area (Å²) in [4.78, 5) is 13.6. The highest BCUT2D eigenvalue weighted by Gasteiger charge is 2.27. The van der Waals surface area contributed by atoms with Crippen molar-refractivity contribution in [3.8, 4) is 0 Å². The van der Waals surface area contributed by atoms with E-state index in [9.17, 15) is 9.18 Å². The van der Waals surface area contributed by atoms with Gasteiger partial charge in [0.1, 0.15) is 11.4 Å². The van der Waals surface area contributed by atoms with Crippen LogP contribution >= 0.6 is 11.8 Å². The van der Waals surface area contributed by atoms with Crippen LogP contribution in [0.5, 0.6) is 0 Å². The maximum Gasteiger partial charge on any atom is 0.287 e. The number of benzene rings is 2. The second-order valence-corrected chi connectivity index (χ2v) is 8.19. The highest BCUT2D eigenvalue weighted by Crippen LogP contribution is 2.33. The molecule has 1 aliphatic rings. The van der Waals surface area contributed by atoms with Crippen LogP contribution in [0.1, 0.15) is 29.5 Å². The molecule has 1 aromatic heterocycles. The molecule has 1 saturated heterocycles. The Balaban J connectivity index is 1.61. The number of thioether (sulfide) groups is 1. The number of halogens is 1. The van der Waals surface area contributed by atoms with Crippen LogP contribution in [0.25, 0.3) is 11.0 Å². The minimum atomic E-state index is -0.255. The second kappa shape index (κ2) is 8.37. The van der Waals surface area contributed by atoms with E-state index in [2.05, 4.69) is 17.6 Å². The smallest absolute Gasteiger partial charge is 0.287 e. The summed E-state index contributed by atoms with van der Waals surface area (Å²) in [6.45, 7) is 3.91. The Morgan fingerprint density at radius 1 is 1.25 bits per heavy atom. The molecule has 6 heteroatoms. The third kappa shape index (κ3) is 3.93. The van der Waals surface area contributed by atoms with E-state index in [4.69, 9.17) is 4.42 Å². The van der Waals surface area contributed by atoms with Crippen molar-refractivity contribution in [1.29, 1.82) is 0 Å². The van der Waals surface area contributed by atoms with Crippen molar-refractivity contribution in [3.05, 3.63) is 65.7 Å². The van der Waals surface area contributed by atoms with Crippen LogP contribution in [0.2, 0.25) is 0 Å². The zero-order valence-electron chi connectivity index (χ0n) is 15.7. The van der Waals surface area contributed by atoms with Gasteiger partial charge in [-0.05, 0) is 43.6 Å². The normalized spacial score (nSPS) is 19.6. The predicted molar refractivity (Wildman–Crippen MR) is 110 cm³/mol. The summed E-state index contributed by atoms with van der Waals surface area (Å²) in [6.07, 6.45) is 0.895. The molecule has 146 valence electrons. The fourth-order valence-corrected chi connectivity index (χ4v) is 4.57. The molecule has 0 radical (unpaired) electrons. The van der Waals surface area contributed by atoms with Crippen molar-refractivity contribution in [3.63, 3.8) is 0 Å². The quantitative estimate of drug-likeness (QED) is 0.617. The topological polar surface area (TPSA) is 54.3 Å². The first kappa shape index (κ1) is 19.0. The van der Waals surface area contributed by atoms with Crippen molar-refractivity contribution in [2.75, 3.05) is 13.1 Å². The number of para-hydroxylation sites is 1. The Labute approximate surface area is 167 Å². The number of carbonyl (C=O) groups is 1. The average Bonchev–Trinajstić information content (AvgIpc) is 3.08. The molecule has 0 bridgehead atoms. The molecule has 2 N–H and O–H groups in total. The monoisotopic (exact) mass is 398 g/mol. The Hall–Kier alpha value is -2.31. The van der Waals surface area contributed by atoms with Crippen LogP contribution in [-0.4, -0.2) is 25.0 Å². The third-order valence-corrected chi connectivity index (χ3v) is 6.29. The van der Waals surface area contributed by atoms with E-state index >= 15 is 0 Å². The van der Waals surface area contributed by atoms with Crippen LogP contribution in [0.4, 0.5) is 4.39 Å². The summed E-state index contributed by atoms with van der Waals surface area (Å²) in [6, 6.07) is 14.4. The fourth-order valence-electron chi connectivity index (χ4n) is 3.60. The summed E-state index contributed by atoms with van der Waals surface area (Å²) in [5, 5.41) is 7.38. The molecule has 4 nitrogen and oxygen atoms in total. The van der Waals surface area contributed by atoms with Gasteiger partial charge >= 0.3 is 0 Å². The zero-order valence-corrected chi connectivity index (χ0v) is 16.5. The number of amides is 1. The van der Waals surface area contributed by atoms with Crippen LogP contribution in [-0.2, 0) is 5.75 Å². The lowest BCUT2D eigenvalue weighted by Crippen LogP contribution is -2.48. The summed E-state index contributed by atoms with van der Waals surface area (Å²) in [5.74, 6) is 0.700. The van der Waals surface area contributed by atoms with E-state index in [-0.39, 0.29) is 17.8 Å². The van der Waals surface area contributed by atoms with Crippen molar-refractivity contribution >= 4 is 28.6 Å². The molecule has 2 atom stereocenters. The van der Waals surface area contributed by atoms with Crippen molar-refractivity contribution in [2.45, 2.75) is 30.0 Å². The highest BCUT2D eigenvalue weighted by atomic mass is 32.2. The van der Waals surface area contributed by atoms with Crippen molar-refractivity contribution in [2.24, 2.45) is 5.92 Å². The molecule has 1 fully saturated rings. The molecule has 2 aromatic carbocycles. The summed E-state index contributed by atoms with van der Waals surface area (Å²) in [5.41, 5.74) is 1.48. The maximum absolute atomic E-state index is 14.0. The Morgan fingerprint density at radius 3 is 2.86 bits per heavy atom. The van der Waals surface area contributed by atoms with E-state index in [1.165, 1.54) is 17.8 Å². The summed E-state index contributed by atoms with van der Waals surface area (Å²) in [7, 11) is 0. The van der Waals surface area contributed by atoms with E-state index in [0.717, 1.165) is 30.5 Å². The van der Waals surface area contributed by atoms with E-state index in [1.807, 2.05) is 30.3 Å². The number of hydrogen-bond donors (Lipinski definition) is 2. The standard InChI is InChI=1S/C22H23FN2O2S/c1-14-12-24-11-10-18(14)25-22(26)21-16(15-6-2-4-8-19(15)27-21)13-28-20-9-5-3-7-17(20)23/h2-9,14,18,24H,10-13H2,1H3,(H,25,26). The number of piperidine rings is 1. The van der Waals surface area contributed by atoms with Gasteiger partial charge < -0.3 is 15.1 Å². The second-order valence-electron chi connectivity index (χ2n) is 7.18. The van der Waals surface area contributed by atoms with Gasteiger partial charge in [-0.1, -0.05) is 37.3 Å². The maximum atomic E-state index is 14.0. The summed E-state index contributed by atoms with van der Waals surface area (Å²) < 4.78 is 19.9. The number of rotatable bonds is 5. The first-order chi connectivity index (χ1) is 13.6. The van der Waals surface area contributed by atoms with Crippen LogP contribution in [0.3, 0.4) is 0 Å². The molecule has 1 amide bonds. The van der Waals surface area contributed by atoms with Crippen molar-refractivity contribution < 1.29 is 13.6 Å². The number of nitrogens with one attached hydrogen (secondary N) is 2. The van der Waals surface area contributed by atoms with E-state index in [1.54, 1.807) is 12.1 Å². The first-order valence-electron chi connectivity index (χ1n) is 9.53. The molecule has 0 aliphatic carbocycles. The van der Waals surface area contributed by atoms with Crippen LogP contribution in [0, 0.1) is 11.7 Å². The van der Waals surface area contributed by atoms with Gasteiger partial charge in [-0.3, -0.25) is 4.79 Å². The lowest BCUT2D eigenvalue weighted by molar-refractivity contribution is 0.0887. The lowest BCUT2D eigenvalue weighted by Gasteiger charge is -2.30. The Kier molecular flexibility index (Phi) is 5.69. The molecule has 4 rings (SSSR count). The summed E-state index contributed by atoms with van der Waals surface area (Å²) >= 11 is 1.37. The Bertz CT molecular complexity index is 988. The van der Waals surface area contributed by atoms with Gasteiger partial charge in [0.15, 0.2) is 5.76 Å². The minimum absolute atomic E-state index is 0.119. The van der Waals surface area contributed by atoms with Crippen molar-refractivity contribution in [1.82, 2.24) is 10.6 Å². The molecule has 28 heavy (non-hydrogen) atoms. The Morgan fingerprint density at radius 2 is 2.04 bits per heavy atom. The largest absolute Gasteiger partial charge is 0.451 e. The molecule has 1 aliphatic heterocycles. The lowest BCUT2D eigenvalue weighted by atomic mass is 9.95. The molecule has 0 spiro atoms. The number of carbonyl (C=O) groups excluding carboxylic acids is 1. The number of furan rings is 1. The molecule has 0 saturated carbocycles. The van der Waals surface area contributed by atoms with E-state index in [0.29, 0.717) is 27.9 Å². The van der Waals surface area contributed by atoms with Gasteiger partial charge in [-0.25, -0.2) is 4.39 Å².